The van der Waals surface area contributed by atoms with E-state index in [1.807, 2.05) is 0 Å². The van der Waals surface area contributed by atoms with E-state index in [1.165, 1.54) is 0 Å². The number of methoxy groups -OCH3 is 1. The van der Waals surface area contributed by atoms with Gasteiger partial charge in [-0.15, -0.1) is 12.4 Å². The molecule has 0 fully saturated rings. The molecular formula is C10H11ClF3NO2. The van der Waals surface area contributed by atoms with Gasteiger partial charge in [0, 0.05) is 0 Å². The average Bonchev–Trinajstić information content (AvgIpc) is 2.26. The molecular weight excluding hydrogens is 259 g/mol. The van der Waals surface area contributed by atoms with Gasteiger partial charge in [0.1, 0.15) is 6.04 Å². The van der Waals surface area contributed by atoms with Crippen LogP contribution in [0, 0.1) is 0 Å². The van der Waals surface area contributed by atoms with Crippen LogP contribution in [0.25, 0.3) is 0 Å². The van der Waals surface area contributed by atoms with E-state index in [0.29, 0.717) is 0 Å². The lowest BCUT2D eigenvalue weighted by atomic mass is 10.1. The largest absolute Gasteiger partial charge is 0.468 e. The molecule has 0 radical (unpaired) electrons. The van der Waals surface area contributed by atoms with Crippen molar-refractivity contribution in [1.82, 2.24) is 0 Å². The van der Waals surface area contributed by atoms with Gasteiger partial charge in [0.25, 0.3) is 0 Å². The summed E-state index contributed by atoms with van der Waals surface area (Å²) < 4.78 is 41.0. The molecule has 0 heterocycles. The maximum absolute atomic E-state index is 12.2. The lowest BCUT2D eigenvalue weighted by Crippen LogP contribution is -2.22. The monoisotopic (exact) mass is 269 g/mol. The summed E-state index contributed by atoms with van der Waals surface area (Å²) in [6, 6.07) is 3.00. The molecule has 17 heavy (non-hydrogen) atoms. The standard InChI is InChI=1S/C10H10F3NO2.ClH/c1-16-9(15)8(14)6-2-4-7(5-3-6)10(11,12)13;/h2-5,8H,14H2,1H3;1H. The number of carbonyl (C=O) groups excluding carboxylic acids is 1. The second-order valence-electron chi connectivity index (χ2n) is 3.12. The van der Waals surface area contributed by atoms with Gasteiger partial charge in [-0.1, -0.05) is 12.1 Å². The van der Waals surface area contributed by atoms with E-state index in [9.17, 15) is 18.0 Å². The lowest BCUT2D eigenvalue weighted by Gasteiger charge is -2.11. The number of hydrogen-bond donors (Lipinski definition) is 1. The maximum atomic E-state index is 12.2. The third kappa shape index (κ3) is 3.90. The van der Waals surface area contributed by atoms with E-state index in [1.54, 1.807) is 0 Å². The summed E-state index contributed by atoms with van der Waals surface area (Å²) in [5, 5.41) is 0. The van der Waals surface area contributed by atoms with Gasteiger partial charge in [0.2, 0.25) is 0 Å². The minimum Gasteiger partial charge on any atom is -0.468 e. The Labute approximate surface area is 102 Å². The highest BCUT2D eigenvalue weighted by molar-refractivity contribution is 5.85. The summed E-state index contributed by atoms with van der Waals surface area (Å²) in [5.41, 5.74) is 4.95. The number of esters is 1. The van der Waals surface area contributed by atoms with Gasteiger partial charge in [-0.25, -0.2) is 0 Å². The molecule has 0 aliphatic rings. The fourth-order valence-corrected chi connectivity index (χ4v) is 1.14. The quantitative estimate of drug-likeness (QED) is 0.838. The van der Waals surface area contributed by atoms with Crippen molar-refractivity contribution in [3.05, 3.63) is 35.4 Å². The van der Waals surface area contributed by atoms with Crippen molar-refractivity contribution >= 4 is 18.4 Å². The third-order valence-electron chi connectivity index (χ3n) is 2.05. The van der Waals surface area contributed by atoms with Crippen molar-refractivity contribution in [2.75, 3.05) is 7.11 Å². The topological polar surface area (TPSA) is 52.3 Å². The first-order valence-electron chi connectivity index (χ1n) is 4.37. The zero-order valence-electron chi connectivity index (χ0n) is 8.82. The van der Waals surface area contributed by atoms with Crippen LogP contribution in [0.2, 0.25) is 0 Å². The molecule has 0 bridgehead atoms. The number of halogens is 4. The van der Waals surface area contributed by atoms with Crippen LogP contribution < -0.4 is 5.73 Å². The number of benzene rings is 1. The van der Waals surface area contributed by atoms with Gasteiger partial charge < -0.3 is 10.5 Å². The number of hydrogen-bond acceptors (Lipinski definition) is 3. The first-order chi connectivity index (χ1) is 7.36. The molecule has 0 aliphatic heterocycles. The SMILES string of the molecule is COC(=O)C(N)c1ccc(C(F)(F)F)cc1.Cl. The van der Waals surface area contributed by atoms with Gasteiger partial charge in [0.15, 0.2) is 0 Å². The van der Waals surface area contributed by atoms with E-state index in [0.717, 1.165) is 31.4 Å². The molecule has 1 atom stereocenters. The van der Waals surface area contributed by atoms with Crippen molar-refractivity contribution in [1.29, 1.82) is 0 Å². The second-order valence-corrected chi connectivity index (χ2v) is 3.12. The summed E-state index contributed by atoms with van der Waals surface area (Å²) in [5.74, 6) is -0.695. The molecule has 1 aromatic carbocycles. The zero-order chi connectivity index (χ0) is 12.3. The van der Waals surface area contributed by atoms with Crippen LogP contribution in [0.15, 0.2) is 24.3 Å². The number of ether oxygens (including phenoxy) is 1. The van der Waals surface area contributed by atoms with Crippen LogP contribution in [-0.4, -0.2) is 13.1 Å². The van der Waals surface area contributed by atoms with Crippen LogP contribution in [-0.2, 0) is 15.7 Å². The number of rotatable bonds is 2. The Morgan fingerprint density at radius 1 is 1.29 bits per heavy atom. The van der Waals surface area contributed by atoms with Crippen LogP contribution in [0.4, 0.5) is 13.2 Å². The molecule has 0 spiro atoms. The average molecular weight is 270 g/mol. The summed E-state index contributed by atoms with van der Waals surface area (Å²) in [6.07, 6.45) is -4.39. The van der Waals surface area contributed by atoms with E-state index in [-0.39, 0.29) is 18.0 Å². The third-order valence-corrected chi connectivity index (χ3v) is 2.05. The highest BCUT2D eigenvalue weighted by Gasteiger charge is 2.30. The number of nitrogens with two attached hydrogens (primary N) is 1. The van der Waals surface area contributed by atoms with Crippen molar-refractivity contribution < 1.29 is 22.7 Å². The summed E-state index contributed by atoms with van der Waals surface area (Å²) in [4.78, 5) is 11.0. The zero-order valence-corrected chi connectivity index (χ0v) is 9.64. The van der Waals surface area contributed by atoms with Crippen molar-refractivity contribution in [3.63, 3.8) is 0 Å². The maximum Gasteiger partial charge on any atom is 0.416 e. The van der Waals surface area contributed by atoms with Crippen LogP contribution in [0.3, 0.4) is 0 Å². The first kappa shape index (κ1) is 15.7. The molecule has 1 aromatic rings. The summed E-state index contributed by atoms with van der Waals surface area (Å²) in [6.45, 7) is 0. The number of carbonyl (C=O) groups is 1. The fourth-order valence-electron chi connectivity index (χ4n) is 1.14. The molecule has 0 aliphatic carbocycles. The van der Waals surface area contributed by atoms with E-state index in [4.69, 9.17) is 5.73 Å². The van der Waals surface area contributed by atoms with Crippen molar-refractivity contribution in [3.8, 4) is 0 Å². The van der Waals surface area contributed by atoms with Gasteiger partial charge in [-0.05, 0) is 17.7 Å². The van der Waals surface area contributed by atoms with Crippen molar-refractivity contribution in [2.24, 2.45) is 5.73 Å². The molecule has 7 heteroatoms. The fraction of sp³-hybridized carbons (Fsp3) is 0.300. The predicted molar refractivity (Wildman–Crippen MR) is 57.6 cm³/mol. The molecule has 1 unspecified atom stereocenters. The molecule has 0 saturated heterocycles. The smallest absolute Gasteiger partial charge is 0.416 e. The summed E-state index contributed by atoms with van der Waals surface area (Å²) >= 11 is 0. The highest BCUT2D eigenvalue weighted by atomic mass is 35.5. The molecule has 2 N–H and O–H groups in total. The summed E-state index contributed by atoms with van der Waals surface area (Å²) in [7, 11) is 1.16. The Morgan fingerprint density at radius 3 is 2.12 bits per heavy atom. The Balaban J connectivity index is 0.00000256. The van der Waals surface area contributed by atoms with Crippen LogP contribution in [0.5, 0.6) is 0 Å². The Morgan fingerprint density at radius 2 is 1.76 bits per heavy atom. The van der Waals surface area contributed by atoms with Gasteiger partial charge in [-0.2, -0.15) is 13.2 Å². The normalized spacial score (nSPS) is 12.5. The Kier molecular flexibility index (Phi) is 5.44. The van der Waals surface area contributed by atoms with Gasteiger partial charge >= 0.3 is 12.1 Å². The molecule has 1 rings (SSSR count). The molecule has 0 amide bonds. The number of alkyl halides is 3. The molecule has 0 saturated carbocycles. The van der Waals surface area contributed by atoms with E-state index < -0.39 is 23.8 Å². The molecule has 0 aromatic heterocycles. The van der Waals surface area contributed by atoms with Gasteiger partial charge in [-0.3, -0.25) is 4.79 Å². The highest BCUT2D eigenvalue weighted by Crippen LogP contribution is 2.29. The Bertz CT molecular complexity index is 378. The van der Waals surface area contributed by atoms with Crippen LogP contribution >= 0.6 is 12.4 Å². The van der Waals surface area contributed by atoms with E-state index >= 15 is 0 Å². The Hall–Kier alpha value is -1.27. The molecule has 96 valence electrons. The minimum absolute atomic E-state index is 0. The van der Waals surface area contributed by atoms with Crippen LogP contribution in [0.1, 0.15) is 17.2 Å². The lowest BCUT2D eigenvalue weighted by molar-refractivity contribution is -0.142. The van der Waals surface area contributed by atoms with Crippen molar-refractivity contribution in [2.45, 2.75) is 12.2 Å². The molecule has 3 nitrogen and oxygen atoms in total. The first-order valence-corrected chi connectivity index (χ1v) is 4.37. The van der Waals surface area contributed by atoms with E-state index in [2.05, 4.69) is 4.74 Å². The van der Waals surface area contributed by atoms with Gasteiger partial charge in [0.05, 0.1) is 12.7 Å². The predicted octanol–water partition coefficient (Wildman–Crippen LogP) is 2.30. The second kappa shape index (κ2) is 5.88. The minimum atomic E-state index is -4.39.